The minimum atomic E-state index is 0.818. The van der Waals surface area contributed by atoms with Crippen molar-refractivity contribution in [3.8, 4) is 17.1 Å². The molecule has 8 rings (SSSR count). The molecule has 3 heterocycles. The lowest BCUT2D eigenvalue weighted by molar-refractivity contribution is 0.673. The van der Waals surface area contributed by atoms with E-state index >= 15 is 0 Å². The van der Waals surface area contributed by atoms with Gasteiger partial charge in [-0.3, -0.25) is 4.57 Å². The first-order valence-corrected chi connectivity index (χ1v) is 12.4. The molecule has 3 aromatic heterocycles. The molecule has 0 N–H and O–H groups in total. The molecule has 0 amide bonds. The first-order valence-electron chi connectivity index (χ1n) is 12.4. The number of para-hydroxylation sites is 2. The summed E-state index contributed by atoms with van der Waals surface area (Å²) < 4.78 is 8.93. The van der Waals surface area contributed by atoms with Gasteiger partial charge in [0.2, 0.25) is 0 Å². The van der Waals surface area contributed by atoms with Gasteiger partial charge in [-0.25, -0.2) is 9.97 Å². The number of furan rings is 1. The second-order valence-corrected chi connectivity index (χ2v) is 9.57. The second kappa shape index (κ2) is 7.52. The van der Waals surface area contributed by atoms with E-state index in [-0.39, 0.29) is 0 Å². The SMILES string of the molecule is Cc1cnc2c(c1)nc(-c1cccc3c1oc1c3ccc3ccc4ccccc4c31)n2-c1ccccc1. The van der Waals surface area contributed by atoms with Crippen molar-refractivity contribution in [2.75, 3.05) is 0 Å². The van der Waals surface area contributed by atoms with Crippen molar-refractivity contribution in [2.24, 2.45) is 0 Å². The van der Waals surface area contributed by atoms with Crippen LogP contribution in [0.2, 0.25) is 0 Å². The summed E-state index contributed by atoms with van der Waals surface area (Å²) >= 11 is 0. The molecule has 4 heteroatoms. The Hall–Kier alpha value is -4.96. The Morgan fingerprint density at radius 1 is 0.676 bits per heavy atom. The summed E-state index contributed by atoms with van der Waals surface area (Å²) in [6.45, 7) is 2.04. The monoisotopic (exact) mass is 475 g/mol. The van der Waals surface area contributed by atoms with Crippen LogP contribution in [0.3, 0.4) is 0 Å². The molecule has 0 aliphatic heterocycles. The van der Waals surface area contributed by atoms with Crippen LogP contribution in [-0.2, 0) is 0 Å². The molecule has 0 bridgehead atoms. The van der Waals surface area contributed by atoms with Gasteiger partial charge in [-0.15, -0.1) is 0 Å². The van der Waals surface area contributed by atoms with Crippen LogP contribution in [0.4, 0.5) is 0 Å². The number of rotatable bonds is 2. The van der Waals surface area contributed by atoms with Crippen molar-refractivity contribution in [1.82, 2.24) is 14.5 Å². The molecule has 0 unspecified atom stereocenters. The first-order chi connectivity index (χ1) is 18.3. The number of hydrogen-bond donors (Lipinski definition) is 0. The Morgan fingerprint density at radius 2 is 1.43 bits per heavy atom. The maximum absolute atomic E-state index is 6.80. The zero-order valence-corrected chi connectivity index (χ0v) is 20.1. The molecule has 37 heavy (non-hydrogen) atoms. The van der Waals surface area contributed by atoms with Crippen molar-refractivity contribution in [2.45, 2.75) is 6.92 Å². The number of pyridine rings is 1. The Bertz CT molecular complexity index is 2150. The maximum Gasteiger partial charge on any atom is 0.164 e. The van der Waals surface area contributed by atoms with Crippen LogP contribution in [0.25, 0.3) is 71.7 Å². The standard InChI is InChI=1S/C33H21N3O/c1-20-18-28-33(34-19-20)36(23-9-3-2-4-10-23)32(35-28)27-13-7-12-25-26-17-16-22-15-14-21-8-5-6-11-24(21)29(22)31(26)37-30(25)27/h2-19H,1H3. The van der Waals surface area contributed by atoms with Crippen LogP contribution in [0.15, 0.2) is 114 Å². The van der Waals surface area contributed by atoms with Gasteiger partial charge in [0.05, 0.1) is 5.56 Å². The highest BCUT2D eigenvalue weighted by molar-refractivity contribution is 6.23. The fraction of sp³-hybridized carbons (Fsp3) is 0.0303. The normalized spacial score (nSPS) is 11.9. The number of aromatic nitrogens is 3. The predicted molar refractivity (Wildman–Crippen MR) is 151 cm³/mol. The molecule has 0 aliphatic carbocycles. The third-order valence-corrected chi connectivity index (χ3v) is 7.26. The molecule has 0 spiro atoms. The highest BCUT2D eigenvalue weighted by Gasteiger charge is 2.21. The zero-order valence-electron chi connectivity index (χ0n) is 20.1. The summed E-state index contributed by atoms with van der Waals surface area (Å²) in [5.74, 6) is 0.818. The molecule has 8 aromatic rings. The van der Waals surface area contributed by atoms with Gasteiger partial charge in [-0.1, -0.05) is 72.8 Å². The van der Waals surface area contributed by atoms with Crippen molar-refractivity contribution in [3.05, 3.63) is 115 Å². The summed E-state index contributed by atoms with van der Waals surface area (Å²) in [4.78, 5) is 9.86. The summed E-state index contributed by atoms with van der Waals surface area (Å²) in [5.41, 5.74) is 6.48. The van der Waals surface area contributed by atoms with Crippen molar-refractivity contribution >= 4 is 54.6 Å². The van der Waals surface area contributed by atoms with Gasteiger partial charge in [-0.05, 0) is 59.0 Å². The van der Waals surface area contributed by atoms with E-state index in [1.54, 1.807) is 0 Å². The highest BCUT2D eigenvalue weighted by Crippen LogP contribution is 2.41. The molecule has 0 saturated heterocycles. The number of benzene rings is 5. The van der Waals surface area contributed by atoms with Gasteiger partial charge in [0.15, 0.2) is 11.5 Å². The average molecular weight is 476 g/mol. The van der Waals surface area contributed by atoms with Gasteiger partial charge in [0.25, 0.3) is 0 Å². The highest BCUT2D eigenvalue weighted by atomic mass is 16.3. The van der Waals surface area contributed by atoms with Gasteiger partial charge >= 0.3 is 0 Å². The number of imidazole rings is 1. The van der Waals surface area contributed by atoms with Crippen LogP contribution in [0.5, 0.6) is 0 Å². The lowest BCUT2D eigenvalue weighted by atomic mass is 9.99. The van der Waals surface area contributed by atoms with E-state index in [1.165, 1.54) is 16.2 Å². The predicted octanol–water partition coefficient (Wildman–Crippen LogP) is 8.60. The van der Waals surface area contributed by atoms with E-state index in [4.69, 9.17) is 14.4 Å². The number of aryl methyl sites for hydroxylation is 1. The minimum absolute atomic E-state index is 0.818. The summed E-state index contributed by atoms with van der Waals surface area (Å²) in [6.07, 6.45) is 1.90. The molecule has 0 atom stereocenters. The summed E-state index contributed by atoms with van der Waals surface area (Å²) in [6, 6.07) is 35.9. The lowest BCUT2D eigenvalue weighted by Gasteiger charge is -2.09. The van der Waals surface area contributed by atoms with Crippen LogP contribution < -0.4 is 0 Å². The Kier molecular flexibility index (Phi) is 4.12. The molecule has 0 radical (unpaired) electrons. The smallest absolute Gasteiger partial charge is 0.164 e. The maximum atomic E-state index is 6.80. The van der Waals surface area contributed by atoms with Crippen molar-refractivity contribution < 1.29 is 4.42 Å². The van der Waals surface area contributed by atoms with Crippen molar-refractivity contribution in [1.29, 1.82) is 0 Å². The molecule has 174 valence electrons. The summed E-state index contributed by atoms with van der Waals surface area (Å²) in [5, 5.41) is 6.91. The number of fused-ring (bicyclic) bond motifs is 8. The first kappa shape index (κ1) is 20.3. The fourth-order valence-electron chi connectivity index (χ4n) is 5.59. The van der Waals surface area contributed by atoms with E-state index in [2.05, 4.69) is 89.5 Å². The van der Waals surface area contributed by atoms with Gasteiger partial charge in [0, 0.05) is 28.0 Å². The third-order valence-electron chi connectivity index (χ3n) is 7.26. The summed E-state index contributed by atoms with van der Waals surface area (Å²) in [7, 11) is 0. The van der Waals surface area contributed by atoms with Crippen LogP contribution in [0, 0.1) is 6.92 Å². The number of hydrogen-bond acceptors (Lipinski definition) is 3. The van der Waals surface area contributed by atoms with Gasteiger partial charge in [-0.2, -0.15) is 0 Å². The molecule has 0 fully saturated rings. The van der Waals surface area contributed by atoms with E-state index in [1.807, 2.05) is 31.3 Å². The second-order valence-electron chi connectivity index (χ2n) is 9.57. The molecular formula is C33H21N3O. The Morgan fingerprint density at radius 3 is 2.35 bits per heavy atom. The van der Waals surface area contributed by atoms with Crippen LogP contribution in [-0.4, -0.2) is 14.5 Å². The fourth-order valence-corrected chi connectivity index (χ4v) is 5.59. The largest absolute Gasteiger partial charge is 0.455 e. The molecule has 5 aromatic carbocycles. The zero-order chi connectivity index (χ0) is 24.5. The topological polar surface area (TPSA) is 43.9 Å². The molecule has 0 saturated carbocycles. The Labute approximate surface area is 212 Å². The molecular weight excluding hydrogens is 454 g/mol. The quantitative estimate of drug-likeness (QED) is 0.235. The van der Waals surface area contributed by atoms with E-state index in [9.17, 15) is 0 Å². The number of nitrogens with zero attached hydrogens (tertiary/aromatic N) is 3. The molecule has 0 aliphatic rings. The van der Waals surface area contributed by atoms with E-state index in [0.29, 0.717) is 0 Å². The minimum Gasteiger partial charge on any atom is -0.455 e. The van der Waals surface area contributed by atoms with E-state index in [0.717, 1.165) is 61.1 Å². The molecule has 4 nitrogen and oxygen atoms in total. The van der Waals surface area contributed by atoms with Crippen LogP contribution >= 0.6 is 0 Å². The van der Waals surface area contributed by atoms with Crippen LogP contribution in [0.1, 0.15) is 5.56 Å². The van der Waals surface area contributed by atoms with Gasteiger partial charge < -0.3 is 4.42 Å². The van der Waals surface area contributed by atoms with Crippen molar-refractivity contribution in [3.63, 3.8) is 0 Å². The average Bonchev–Trinajstić information content (AvgIpc) is 3.51. The van der Waals surface area contributed by atoms with Gasteiger partial charge in [0.1, 0.15) is 16.7 Å². The lowest BCUT2D eigenvalue weighted by Crippen LogP contribution is -1.98. The Balaban J connectivity index is 1.51. The third kappa shape index (κ3) is 2.90. The van der Waals surface area contributed by atoms with E-state index < -0.39 is 0 Å².